The lowest BCUT2D eigenvalue weighted by Crippen LogP contribution is -2.22. The van der Waals surface area contributed by atoms with Crippen LogP contribution < -0.4 is 5.32 Å². The number of carbonyl (C=O) groups is 1. The number of allylic oxidation sites excluding steroid dienone is 1. The van der Waals surface area contributed by atoms with Gasteiger partial charge in [0.1, 0.15) is 0 Å². The number of fused-ring (bicyclic) bond motifs is 1. The monoisotopic (exact) mass is 253 g/mol. The number of hydrogen-bond acceptors (Lipinski definition) is 1. The van der Waals surface area contributed by atoms with Crippen LogP contribution in [0, 0.1) is 0 Å². The summed E-state index contributed by atoms with van der Waals surface area (Å²) in [6.07, 6.45) is 4.17. The van der Waals surface area contributed by atoms with Crippen molar-refractivity contribution in [1.29, 1.82) is 0 Å². The first-order chi connectivity index (χ1) is 9.31. The second-order valence-electron chi connectivity index (χ2n) is 4.60. The molecule has 1 amide bonds. The first-order valence-corrected chi connectivity index (χ1v) is 6.65. The molecule has 0 atom stereocenters. The molecule has 0 aliphatic rings. The molecule has 0 unspecified atom stereocenters. The van der Waals surface area contributed by atoms with Crippen molar-refractivity contribution in [1.82, 2.24) is 5.32 Å². The molecule has 0 aliphatic heterocycles. The Labute approximate surface area is 114 Å². The Morgan fingerprint density at radius 1 is 1.16 bits per heavy atom. The molecule has 2 nitrogen and oxygen atoms in total. The van der Waals surface area contributed by atoms with E-state index in [0.717, 1.165) is 18.4 Å². The van der Waals surface area contributed by atoms with E-state index in [0.29, 0.717) is 13.0 Å². The molecule has 19 heavy (non-hydrogen) atoms. The molecular weight excluding hydrogens is 234 g/mol. The molecule has 2 aromatic rings. The maximum atomic E-state index is 11.7. The van der Waals surface area contributed by atoms with Gasteiger partial charge in [-0.25, -0.2) is 0 Å². The molecule has 0 aromatic heterocycles. The minimum Gasteiger partial charge on any atom is -0.352 e. The summed E-state index contributed by atoms with van der Waals surface area (Å²) in [4.78, 5) is 11.7. The fourth-order valence-electron chi connectivity index (χ4n) is 2.14. The van der Waals surface area contributed by atoms with Crippen LogP contribution in [0.25, 0.3) is 10.8 Å². The van der Waals surface area contributed by atoms with Crippen molar-refractivity contribution in [2.45, 2.75) is 25.8 Å². The quantitative estimate of drug-likeness (QED) is 0.615. The van der Waals surface area contributed by atoms with E-state index in [2.05, 4.69) is 36.2 Å². The molecule has 98 valence electrons. The maximum absolute atomic E-state index is 11.7. The molecule has 0 fully saturated rings. The molecule has 0 saturated carbocycles. The van der Waals surface area contributed by atoms with Gasteiger partial charge in [-0.15, -0.1) is 6.58 Å². The second-order valence-corrected chi connectivity index (χ2v) is 4.60. The summed E-state index contributed by atoms with van der Waals surface area (Å²) in [6.45, 7) is 4.25. The smallest absolute Gasteiger partial charge is 0.220 e. The summed E-state index contributed by atoms with van der Waals surface area (Å²) in [5.74, 6) is 0.106. The van der Waals surface area contributed by atoms with Crippen LogP contribution in [-0.4, -0.2) is 5.91 Å². The largest absolute Gasteiger partial charge is 0.352 e. The van der Waals surface area contributed by atoms with Gasteiger partial charge in [0.25, 0.3) is 0 Å². The predicted molar refractivity (Wildman–Crippen MR) is 79.8 cm³/mol. The Morgan fingerprint density at radius 3 is 2.79 bits per heavy atom. The first-order valence-electron chi connectivity index (χ1n) is 6.65. The highest BCUT2D eigenvalue weighted by molar-refractivity contribution is 5.86. The van der Waals surface area contributed by atoms with Gasteiger partial charge >= 0.3 is 0 Å². The summed E-state index contributed by atoms with van der Waals surface area (Å²) in [6, 6.07) is 14.4. The fraction of sp³-hybridized carbons (Fsp3) is 0.235. The Balaban J connectivity index is 1.98. The van der Waals surface area contributed by atoms with Crippen molar-refractivity contribution >= 4 is 16.7 Å². The Morgan fingerprint density at radius 2 is 1.95 bits per heavy atom. The normalized spacial score (nSPS) is 10.3. The van der Waals surface area contributed by atoms with E-state index < -0.39 is 0 Å². The maximum Gasteiger partial charge on any atom is 0.220 e. The van der Waals surface area contributed by atoms with Gasteiger partial charge in [-0.1, -0.05) is 48.5 Å². The number of rotatable bonds is 6. The first kappa shape index (κ1) is 13.3. The molecule has 0 radical (unpaired) electrons. The van der Waals surface area contributed by atoms with E-state index in [1.807, 2.05) is 24.3 Å². The highest BCUT2D eigenvalue weighted by Crippen LogP contribution is 2.18. The summed E-state index contributed by atoms with van der Waals surface area (Å²) >= 11 is 0. The Kier molecular flexibility index (Phi) is 4.73. The Hall–Kier alpha value is -2.09. The van der Waals surface area contributed by atoms with Crippen molar-refractivity contribution in [2.75, 3.05) is 0 Å². The zero-order valence-electron chi connectivity index (χ0n) is 11.1. The minimum absolute atomic E-state index is 0.106. The third-order valence-corrected chi connectivity index (χ3v) is 3.17. The van der Waals surface area contributed by atoms with Crippen molar-refractivity contribution < 1.29 is 4.79 Å². The molecule has 2 aromatic carbocycles. The number of amides is 1. The van der Waals surface area contributed by atoms with E-state index >= 15 is 0 Å². The summed E-state index contributed by atoms with van der Waals surface area (Å²) < 4.78 is 0. The van der Waals surface area contributed by atoms with Crippen LogP contribution in [0.5, 0.6) is 0 Å². The van der Waals surface area contributed by atoms with Gasteiger partial charge in [0.2, 0.25) is 5.91 Å². The van der Waals surface area contributed by atoms with Crippen LogP contribution in [-0.2, 0) is 11.3 Å². The van der Waals surface area contributed by atoms with Gasteiger partial charge in [0.15, 0.2) is 0 Å². The van der Waals surface area contributed by atoms with Crippen molar-refractivity contribution in [3.05, 3.63) is 60.7 Å². The third-order valence-electron chi connectivity index (χ3n) is 3.17. The van der Waals surface area contributed by atoms with Gasteiger partial charge in [-0.2, -0.15) is 0 Å². The zero-order valence-corrected chi connectivity index (χ0v) is 11.1. The number of hydrogen-bond donors (Lipinski definition) is 1. The molecule has 2 heteroatoms. The van der Waals surface area contributed by atoms with Crippen LogP contribution in [0.3, 0.4) is 0 Å². The van der Waals surface area contributed by atoms with Gasteiger partial charge < -0.3 is 5.32 Å². The van der Waals surface area contributed by atoms with E-state index in [1.165, 1.54) is 10.8 Å². The Bertz CT molecular complexity index is 569. The number of benzene rings is 2. The van der Waals surface area contributed by atoms with Gasteiger partial charge in [-0.05, 0) is 29.2 Å². The summed E-state index contributed by atoms with van der Waals surface area (Å²) in [5, 5.41) is 5.39. The summed E-state index contributed by atoms with van der Waals surface area (Å²) in [5.41, 5.74) is 1.16. The van der Waals surface area contributed by atoms with Crippen molar-refractivity contribution in [2.24, 2.45) is 0 Å². The average Bonchev–Trinajstić information content (AvgIpc) is 2.45. The minimum atomic E-state index is 0.106. The van der Waals surface area contributed by atoms with Gasteiger partial charge in [0, 0.05) is 13.0 Å². The molecule has 0 heterocycles. The van der Waals surface area contributed by atoms with E-state index in [-0.39, 0.29) is 5.91 Å². The highest BCUT2D eigenvalue weighted by Gasteiger charge is 2.03. The van der Waals surface area contributed by atoms with Crippen molar-refractivity contribution in [3.63, 3.8) is 0 Å². The van der Waals surface area contributed by atoms with E-state index in [4.69, 9.17) is 0 Å². The molecule has 0 aliphatic carbocycles. The zero-order chi connectivity index (χ0) is 13.5. The molecular formula is C17H19NO. The second kappa shape index (κ2) is 6.74. The fourth-order valence-corrected chi connectivity index (χ4v) is 2.14. The van der Waals surface area contributed by atoms with Crippen LogP contribution in [0.2, 0.25) is 0 Å². The molecule has 0 bridgehead atoms. The van der Waals surface area contributed by atoms with Crippen LogP contribution in [0.1, 0.15) is 24.8 Å². The molecule has 0 spiro atoms. The lowest BCUT2D eigenvalue weighted by atomic mass is 10.0. The van der Waals surface area contributed by atoms with Crippen molar-refractivity contribution in [3.8, 4) is 0 Å². The standard InChI is InChI=1S/C17H19NO/c1-2-3-4-12-17(19)18-13-15-10-7-9-14-8-5-6-11-16(14)15/h2,5-11H,1,3-4,12-13H2,(H,18,19). The number of nitrogens with one attached hydrogen (secondary N) is 1. The average molecular weight is 253 g/mol. The summed E-state index contributed by atoms with van der Waals surface area (Å²) in [7, 11) is 0. The molecule has 0 saturated heterocycles. The number of unbranched alkanes of at least 4 members (excludes halogenated alkanes) is 1. The van der Waals surface area contributed by atoms with Gasteiger partial charge in [-0.3, -0.25) is 4.79 Å². The highest BCUT2D eigenvalue weighted by atomic mass is 16.1. The van der Waals surface area contributed by atoms with Crippen LogP contribution >= 0.6 is 0 Å². The lowest BCUT2D eigenvalue weighted by molar-refractivity contribution is -0.121. The predicted octanol–water partition coefficient (Wildman–Crippen LogP) is 3.81. The van der Waals surface area contributed by atoms with E-state index in [9.17, 15) is 4.79 Å². The third kappa shape index (κ3) is 3.68. The molecule has 2 rings (SSSR count). The van der Waals surface area contributed by atoms with Gasteiger partial charge in [0.05, 0.1) is 0 Å². The topological polar surface area (TPSA) is 29.1 Å². The lowest BCUT2D eigenvalue weighted by Gasteiger charge is -2.08. The SMILES string of the molecule is C=CCCCC(=O)NCc1cccc2ccccc12. The van der Waals surface area contributed by atoms with E-state index in [1.54, 1.807) is 0 Å². The molecule has 1 N–H and O–H groups in total. The number of carbonyl (C=O) groups excluding carboxylic acids is 1. The van der Waals surface area contributed by atoms with Crippen LogP contribution in [0.4, 0.5) is 0 Å². The van der Waals surface area contributed by atoms with Crippen LogP contribution in [0.15, 0.2) is 55.1 Å².